The normalized spacial score (nSPS) is 16.9. The first-order valence-electron chi connectivity index (χ1n) is 12.9. The lowest BCUT2D eigenvalue weighted by molar-refractivity contribution is -0.141. The number of carbonyl (C=O) groups excluding carboxylic acids is 2. The number of fused-ring (bicyclic) bond motifs is 1. The molecule has 2 aliphatic heterocycles. The molecular formula is C28H31N5O5S. The van der Waals surface area contributed by atoms with Gasteiger partial charge >= 0.3 is 5.97 Å². The minimum Gasteiger partial charge on any atom is -0.484 e. The van der Waals surface area contributed by atoms with Crippen molar-refractivity contribution in [2.75, 3.05) is 44.0 Å². The summed E-state index contributed by atoms with van der Waals surface area (Å²) in [5.74, 6) is 1.43. The van der Waals surface area contributed by atoms with Gasteiger partial charge in [-0.2, -0.15) is 4.98 Å². The third-order valence-electron chi connectivity index (χ3n) is 6.46. The Kier molecular flexibility index (Phi) is 8.48. The van der Waals surface area contributed by atoms with Crippen molar-refractivity contribution < 1.29 is 23.8 Å². The van der Waals surface area contributed by atoms with E-state index in [1.807, 2.05) is 56.3 Å². The van der Waals surface area contributed by atoms with E-state index >= 15 is 0 Å². The van der Waals surface area contributed by atoms with Crippen LogP contribution in [0, 0.1) is 0 Å². The molecule has 0 bridgehead atoms. The van der Waals surface area contributed by atoms with Crippen molar-refractivity contribution in [3.63, 3.8) is 0 Å². The molecule has 1 fully saturated rings. The second kappa shape index (κ2) is 12.4. The monoisotopic (exact) mass is 549 g/mol. The van der Waals surface area contributed by atoms with Crippen molar-refractivity contribution in [2.45, 2.75) is 31.7 Å². The summed E-state index contributed by atoms with van der Waals surface area (Å²) < 4.78 is 18.5. The summed E-state index contributed by atoms with van der Waals surface area (Å²) in [5.41, 5.74) is 2.82. The molecule has 0 spiro atoms. The third-order valence-corrected chi connectivity index (χ3v) is 7.18. The molecule has 11 heteroatoms. The number of benzene rings is 2. The first kappa shape index (κ1) is 26.8. The molecule has 204 valence electrons. The van der Waals surface area contributed by atoms with Crippen LogP contribution in [0.3, 0.4) is 0 Å². The Balaban J connectivity index is 1.37. The van der Waals surface area contributed by atoms with E-state index in [0.717, 1.165) is 16.9 Å². The van der Waals surface area contributed by atoms with E-state index in [4.69, 9.17) is 14.2 Å². The molecule has 3 aromatic rings. The number of aromatic nitrogens is 3. The van der Waals surface area contributed by atoms with Crippen molar-refractivity contribution in [1.29, 1.82) is 0 Å². The standard InChI is InChI=1S/C28H31N5O5S/c1-3-39-28-30-27-29-19(2)24(26(35)38-17-20-7-5-4-6-8-20)25(33(27)31-28)21-9-11-22(12-10-21)37-18-23(34)32-13-15-36-16-14-32/h4-12,25H,3,13-18H2,1-2H3,(H,29,30,31). The van der Waals surface area contributed by atoms with E-state index in [0.29, 0.717) is 54.4 Å². The molecule has 5 rings (SSSR count). The van der Waals surface area contributed by atoms with Gasteiger partial charge in [0.25, 0.3) is 5.91 Å². The molecule has 3 heterocycles. The Labute approximate surface area is 231 Å². The molecule has 1 saturated heterocycles. The zero-order valence-corrected chi connectivity index (χ0v) is 22.8. The maximum Gasteiger partial charge on any atom is 0.338 e. The number of carbonyl (C=O) groups is 2. The predicted octanol–water partition coefficient (Wildman–Crippen LogP) is 3.66. The highest BCUT2D eigenvalue weighted by Crippen LogP contribution is 2.37. The van der Waals surface area contributed by atoms with E-state index < -0.39 is 12.0 Å². The second-order valence-corrected chi connectivity index (χ2v) is 10.3. The number of anilines is 1. The minimum absolute atomic E-state index is 0.0480. The molecule has 0 radical (unpaired) electrons. The van der Waals surface area contributed by atoms with Crippen LogP contribution in [-0.2, 0) is 25.7 Å². The van der Waals surface area contributed by atoms with Crippen molar-refractivity contribution in [3.05, 3.63) is 77.0 Å². The van der Waals surface area contributed by atoms with E-state index in [1.165, 1.54) is 11.8 Å². The number of nitrogens with one attached hydrogen (secondary N) is 1. The van der Waals surface area contributed by atoms with Crippen LogP contribution in [0.25, 0.3) is 0 Å². The molecular weight excluding hydrogens is 518 g/mol. The van der Waals surface area contributed by atoms with Crippen molar-refractivity contribution in [1.82, 2.24) is 19.7 Å². The van der Waals surface area contributed by atoms with E-state index in [-0.39, 0.29) is 19.1 Å². The van der Waals surface area contributed by atoms with Gasteiger partial charge in [0, 0.05) is 18.8 Å². The molecule has 0 saturated carbocycles. The quantitative estimate of drug-likeness (QED) is 0.316. The summed E-state index contributed by atoms with van der Waals surface area (Å²) in [6.45, 7) is 6.22. The van der Waals surface area contributed by atoms with Gasteiger partial charge in [0.1, 0.15) is 18.4 Å². The lowest BCUT2D eigenvalue weighted by Gasteiger charge is -2.28. The Morgan fingerprint density at radius 1 is 1.10 bits per heavy atom. The van der Waals surface area contributed by atoms with Gasteiger partial charge in [-0.25, -0.2) is 9.48 Å². The van der Waals surface area contributed by atoms with Crippen molar-refractivity contribution >= 4 is 29.6 Å². The fourth-order valence-electron chi connectivity index (χ4n) is 4.49. The first-order valence-corrected chi connectivity index (χ1v) is 13.9. The molecule has 1 amide bonds. The Morgan fingerprint density at radius 2 is 1.85 bits per heavy atom. The van der Waals surface area contributed by atoms with Crippen LogP contribution in [0.4, 0.5) is 5.95 Å². The molecule has 39 heavy (non-hydrogen) atoms. The van der Waals surface area contributed by atoms with Gasteiger partial charge in [-0.15, -0.1) is 5.10 Å². The van der Waals surface area contributed by atoms with Crippen LogP contribution in [0.5, 0.6) is 5.75 Å². The molecule has 0 aliphatic carbocycles. The number of amides is 1. The lowest BCUT2D eigenvalue weighted by Crippen LogP contribution is -2.42. The number of allylic oxidation sites excluding steroid dienone is 1. The molecule has 1 N–H and O–H groups in total. The molecule has 1 atom stereocenters. The number of rotatable bonds is 9. The van der Waals surface area contributed by atoms with Crippen LogP contribution in [0.2, 0.25) is 0 Å². The molecule has 10 nitrogen and oxygen atoms in total. The van der Waals surface area contributed by atoms with Gasteiger partial charge in [0.2, 0.25) is 11.1 Å². The summed E-state index contributed by atoms with van der Waals surface area (Å²) >= 11 is 1.53. The zero-order chi connectivity index (χ0) is 27.2. The third kappa shape index (κ3) is 6.26. The smallest absolute Gasteiger partial charge is 0.338 e. The highest BCUT2D eigenvalue weighted by Gasteiger charge is 2.35. The highest BCUT2D eigenvalue weighted by molar-refractivity contribution is 7.99. The number of hydrogen-bond donors (Lipinski definition) is 1. The number of thioether (sulfide) groups is 1. The van der Waals surface area contributed by atoms with Gasteiger partial charge in [-0.3, -0.25) is 4.79 Å². The summed E-state index contributed by atoms with van der Waals surface area (Å²) in [4.78, 5) is 32.2. The van der Waals surface area contributed by atoms with E-state index in [1.54, 1.807) is 21.7 Å². The van der Waals surface area contributed by atoms with Gasteiger partial charge in [-0.1, -0.05) is 61.2 Å². The Hall–Kier alpha value is -3.83. The maximum atomic E-state index is 13.4. The summed E-state index contributed by atoms with van der Waals surface area (Å²) in [6.07, 6.45) is 0. The fourth-order valence-corrected chi connectivity index (χ4v) is 5.05. The van der Waals surface area contributed by atoms with Crippen LogP contribution in [0.15, 0.2) is 71.0 Å². The number of nitrogens with zero attached hydrogens (tertiary/aromatic N) is 4. The average molecular weight is 550 g/mol. The maximum absolute atomic E-state index is 13.4. The largest absolute Gasteiger partial charge is 0.484 e. The van der Waals surface area contributed by atoms with Gasteiger partial charge in [0.05, 0.1) is 18.8 Å². The van der Waals surface area contributed by atoms with Crippen LogP contribution < -0.4 is 10.1 Å². The number of ether oxygens (including phenoxy) is 3. The average Bonchev–Trinajstić information content (AvgIpc) is 3.37. The number of morpholine rings is 1. The zero-order valence-electron chi connectivity index (χ0n) is 22.0. The Morgan fingerprint density at radius 3 is 2.56 bits per heavy atom. The van der Waals surface area contributed by atoms with Crippen LogP contribution in [-0.4, -0.2) is 70.2 Å². The first-order chi connectivity index (χ1) is 19.0. The van der Waals surface area contributed by atoms with Gasteiger partial charge in [0.15, 0.2) is 6.61 Å². The van der Waals surface area contributed by atoms with Crippen molar-refractivity contribution in [2.24, 2.45) is 0 Å². The SMILES string of the molecule is CCSc1nc2n(n1)C(c1ccc(OCC(=O)N3CCOCC3)cc1)C(C(=O)OCc1ccccc1)=C(C)N2. The summed E-state index contributed by atoms with van der Waals surface area (Å²) in [6, 6.07) is 16.4. The molecule has 1 aromatic heterocycles. The van der Waals surface area contributed by atoms with Crippen LogP contribution in [0.1, 0.15) is 31.0 Å². The molecule has 2 aromatic carbocycles. The topological polar surface area (TPSA) is 108 Å². The number of esters is 1. The van der Waals surface area contributed by atoms with Gasteiger partial charge < -0.3 is 24.4 Å². The van der Waals surface area contributed by atoms with E-state index in [9.17, 15) is 9.59 Å². The van der Waals surface area contributed by atoms with E-state index in [2.05, 4.69) is 15.4 Å². The fraction of sp³-hybridized carbons (Fsp3) is 0.357. The highest BCUT2D eigenvalue weighted by atomic mass is 32.2. The predicted molar refractivity (Wildman–Crippen MR) is 146 cm³/mol. The van der Waals surface area contributed by atoms with Gasteiger partial charge in [-0.05, 0) is 35.9 Å². The summed E-state index contributed by atoms with van der Waals surface area (Å²) in [7, 11) is 0. The lowest BCUT2D eigenvalue weighted by atomic mass is 9.95. The van der Waals surface area contributed by atoms with Crippen molar-refractivity contribution in [3.8, 4) is 5.75 Å². The minimum atomic E-state index is -0.549. The molecule has 2 aliphatic rings. The summed E-state index contributed by atoms with van der Waals surface area (Å²) in [5, 5.41) is 8.54. The Bertz CT molecular complexity index is 1340. The number of hydrogen-bond acceptors (Lipinski definition) is 9. The second-order valence-electron chi connectivity index (χ2n) is 9.07. The van der Waals surface area contributed by atoms with Crippen LogP contribution >= 0.6 is 11.8 Å². The molecule has 1 unspecified atom stereocenters.